The van der Waals surface area contributed by atoms with E-state index >= 15 is 0 Å². The van der Waals surface area contributed by atoms with Crippen molar-refractivity contribution in [3.8, 4) is 11.1 Å². The van der Waals surface area contributed by atoms with Crippen LogP contribution in [0.25, 0.3) is 11.1 Å². The Morgan fingerprint density at radius 1 is 1.40 bits per heavy atom. The number of rotatable bonds is 1. The molecule has 0 saturated carbocycles. The summed E-state index contributed by atoms with van der Waals surface area (Å²) >= 11 is 5.89. The summed E-state index contributed by atoms with van der Waals surface area (Å²) in [5.41, 5.74) is 2.35. The van der Waals surface area contributed by atoms with Crippen molar-refractivity contribution in [2.75, 3.05) is 0 Å². The van der Waals surface area contributed by atoms with Crippen molar-refractivity contribution in [2.45, 2.75) is 6.92 Å². The lowest BCUT2D eigenvalue weighted by atomic mass is 10.1. The summed E-state index contributed by atoms with van der Waals surface area (Å²) in [6.07, 6.45) is 0. The average molecular weight is 223 g/mol. The molecule has 0 aliphatic heterocycles. The fraction of sp³-hybridized carbons (Fsp3) is 0.182. The summed E-state index contributed by atoms with van der Waals surface area (Å²) in [5.74, 6) is 0. The largest absolute Gasteiger partial charge is 0.300 e. The maximum Gasteiger partial charge on any atom is 0.274 e. The molecule has 4 heteroatoms. The van der Waals surface area contributed by atoms with Crippen LogP contribution in [0.15, 0.2) is 29.1 Å². The second kappa shape index (κ2) is 3.59. The zero-order valence-corrected chi connectivity index (χ0v) is 9.30. The van der Waals surface area contributed by atoms with Crippen LogP contribution in [-0.4, -0.2) is 9.78 Å². The predicted octanol–water partition coefficient (Wildman–Crippen LogP) is 2.34. The van der Waals surface area contributed by atoms with Crippen molar-refractivity contribution in [3.63, 3.8) is 0 Å². The number of benzene rings is 1. The third-order valence-electron chi connectivity index (χ3n) is 2.34. The molecule has 0 aliphatic carbocycles. The molecule has 2 aromatic rings. The molecule has 0 amide bonds. The van der Waals surface area contributed by atoms with Crippen LogP contribution in [0.1, 0.15) is 5.69 Å². The highest BCUT2D eigenvalue weighted by molar-refractivity contribution is 6.30. The summed E-state index contributed by atoms with van der Waals surface area (Å²) in [6, 6.07) is 7.30. The third-order valence-corrected chi connectivity index (χ3v) is 2.58. The first-order chi connectivity index (χ1) is 7.09. The molecule has 0 fully saturated rings. The minimum atomic E-state index is -0.0326. The molecule has 0 spiro atoms. The van der Waals surface area contributed by atoms with Gasteiger partial charge in [0, 0.05) is 17.8 Å². The van der Waals surface area contributed by atoms with E-state index in [2.05, 4.69) is 5.10 Å². The van der Waals surface area contributed by atoms with Gasteiger partial charge in [0.2, 0.25) is 0 Å². The summed E-state index contributed by atoms with van der Waals surface area (Å²) in [6.45, 7) is 1.87. The second-order valence-electron chi connectivity index (χ2n) is 3.49. The van der Waals surface area contributed by atoms with Crippen LogP contribution in [0.5, 0.6) is 0 Å². The quantitative estimate of drug-likeness (QED) is 0.790. The highest BCUT2D eigenvalue weighted by Crippen LogP contribution is 2.21. The molecule has 0 saturated heterocycles. The van der Waals surface area contributed by atoms with E-state index in [0.717, 1.165) is 11.3 Å². The Morgan fingerprint density at radius 2 is 2.13 bits per heavy atom. The lowest BCUT2D eigenvalue weighted by Gasteiger charge is -1.98. The van der Waals surface area contributed by atoms with Crippen LogP contribution in [0.2, 0.25) is 5.02 Å². The third kappa shape index (κ3) is 1.70. The van der Waals surface area contributed by atoms with E-state index in [1.54, 1.807) is 19.2 Å². The Hall–Kier alpha value is -1.48. The van der Waals surface area contributed by atoms with Crippen molar-refractivity contribution < 1.29 is 0 Å². The summed E-state index contributed by atoms with van der Waals surface area (Å²) in [4.78, 5) is 11.8. The van der Waals surface area contributed by atoms with Gasteiger partial charge in [-0.2, -0.15) is 0 Å². The standard InChI is InChI=1S/C11H11ClN2O/c1-7-10(11(15)14(2)13-7)8-4-3-5-9(12)6-8/h3-6,13H,1-2H3. The van der Waals surface area contributed by atoms with Gasteiger partial charge in [-0.05, 0) is 24.6 Å². The topological polar surface area (TPSA) is 37.8 Å². The summed E-state index contributed by atoms with van der Waals surface area (Å²) < 4.78 is 1.46. The zero-order chi connectivity index (χ0) is 11.0. The highest BCUT2D eigenvalue weighted by Gasteiger charge is 2.10. The molecule has 0 aliphatic rings. The van der Waals surface area contributed by atoms with Gasteiger partial charge in [0.25, 0.3) is 5.56 Å². The highest BCUT2D eigenvalue weighted by atomic mass is 35.5. The van der Waals surface area contributed by atoms with Crippen LogP contribution < -0.4 is 5.56 Å². The van der Waals surface area contributed by atoms with Crippen molar-refractivity contribution >= 4 is 11.6 Å². The number of hydrogen-bond donors (Lipinski definition) is 1. The van der Waals surface area contributed by atoms with Gasteiger partial charge in [-0.1, -0.05) is 23.7 Å². The number of hydrogen-bond acceptors (Lipinski definition) is 1. The Labute approximate surface area is 92.3 Å². The van der Waals surface area contributed by atoms with Crippen LogP contribution in [0.4, 0.5) is 0 Å². The predicted molar refractivity (Wildman–Crippen MR) is 61.2 cm³/mol. The van der Waals surface area contributed by atoms with Crippen LogP contribution in [-0.2, 0) is 7.05 Å². The van der Waals surface area contributed by atoms with Crippen LogP contribution in [0, 0.1) is 6.92 Å². The number of H-pyrrole nitrogens is 1. The molecule has 0 unspecified atom stereocenters. The maximum absolute atomic E-state index is 11.8. The number of nitrogens with zero attached hydrogens (tertiary/aromatic N) is 1. The first-order valence-corrected chi connectivity index (χ1v) is 4.99. The van der Waals surface area contributed by atoms with Gasteiger partial charge < -0.3 is 0 Å². The molecule has 2 rings (SSSR count). The number of halogens is 1. The minimum Gasteiger partial charge on any atom is -0.300 e. The molecule has 1 heterocycles. The molecule has 1 aromatic heterocycles. The van der Waals surface area contributed by atoms with Gasteiger partial charge in [0.15, 0.2) is 0 Å². The monoisotopic (exact) mass is 222 g/mol. The number of aromatic nitrogens is 2. The lowest BCUT2D eigenvalue weighted by molar-refractivity contribution is 0.731. The smallest absolute Gasteiger partial charge is 0.274 e. The first kappa shape index (κ1) is 10.1. The van der Waals surface area contributed by atoms with Gasteiger partial charge in [-0.3, -0.25) is 14.6 Å². The van der Waals surface area contributed by atoms with Crippen molar-refractivity contribution in [1.82, 2.24) is 9.78 Å². The van der Waals surface area contributed by atoms with E-state index in [1.807, 2.05) is 19.1 Å². The van der Waals surface area contributed by atoms with Gasteiger partial charge in [-0.15, -0.1) is 0 Å². The number of aromatic amines is 1. The number of nitrogens with one attached hydrogen (secondary N) is 1. The Kier molecular flexibility index (Phi) is 2.40. The van der Waals surface area contributed by atoms with Gasteiger partial charge in [0.1, 0.15) is 0 Å². The van der Waals surface area contributed by atoms with Crippen molar-refractivity contribution in [2.24, 2.45) is 7.05 Å². The summed E-state index contributed by atoms with van der Waals surface area (Å²) in [7, 11) is 1.70. The summed E-state index contributed by atoms with van der Waals surface area (Å²) in [5, 5.41) is 3.59. The lowest BCUT2D eigenvalue weighted by Crippen LogP contribution is -2.13. The minimum absolute atomic E-state index is 0.0326. The Bertz CT molecular complexity index is 554. The fourth-order valence-electron chi connectivity index (χ4n) is 1.67. The van der Waals surface area contributed by atoms with E-state index in [1.165, 1.54) is 4.68 Å². The normalized spacial score (nSPS) is 10.6. The van der Waals surface area contributed by atoms with Crippen LogP contribution >= 0.6 is 11.6 Å². The molecule has 78 valence electrons. The molecule has 1 N–H and O–H groups in total. The molecular weight excluding hydrogens is 212 g/mol. The molecule has 1 aromatic carbocycles. The van der Waals surface area contributed by atoms with E-state index in [0.29, 0.717) is 10.6 Å². The average Bonchev–Trinajstić information content (AvgIpc) is 2.41. The van der Waals surface area contributed by atoms with Crippen LogP contribution in [0.3, 0.4) is 0 Å². The van der Waals surface area contributed by atoms with Crippen molar-refractivity contribution in [1.29, 1.82) is 0 Å². The van der Waals surface area contributed by atoms with Crippen molar-refractivity contribution in [3.05, 3.63) is 45.3 Å². The molecular formula is C11H11ClN2O. The molecule has 0 bridgehead atoms. The van der Waals surface area contributed by atoms with E-state index in [4.69, 9.17) is 11.6 Å². The van der Waals surface area contributed by atoms with E-state index < -0.39 is 0 Å². The second-order valence-corrected chi connectivity index (χ2v) is 3.92. The molecule has 15 heavy (non-hydrogen) atoms. The van der Waals surface area contributed by atoms with Gasteiger partial charge >= 0.3 is 0 Å². The first-order valence-electron chi connectivity index (χ1n) is 4.61. The zero-order valence-electron chi connectivity index (χ0n) is 8.54. The van der Waals surface area contributed by atoms with Gasteiger partial charge in [-0.25, -0.2) is 0 Å². The maximum atomic E-state index is 11.8. The molecule has 3 nitrogen and oxygen atoms in total. The fourth-order valence-corrected chi connectivity index (χ4v) is 1.86. The molecule has 0 atom stereocenters. The Balaban J connectivity index is 2.69. The Morgan fingerprint density at radius 3 is 2.67 bits per heavy atom. The van der Waals surface area contributed by atoms with Gasteiger partial charge in [0.05, 0.1) is 5.56 Å². The van der Waals surface area contributed by atoms with E-state index in [9.17, 15) is 4.79 Å². The molecule has 0 radical (unpaired) electrons. The SMILES string of the molecule is Cc1[nH]n(C)c(=O)c1-c1cccc(Cl)c1. The van der Waals surface area contributed by atoms with E-state index in [-0.39, 0.29) is 5.56 Å². The number of aryl methyl sites for hydroxylation is 2.